The van der Waals surface area contributed by atoms with E-state index in [9.17, 15) is 0 Å². The van der Waals surface area contributed by atoms with Crippen molar-refractivity contribution >= 4 is 5.69 Å². The van der Waals surface area contributed by atoms with E-state index in [1.54, 1.807) is 7.11 Å². The lowest BCUT2D eigenvalue weighted by atomic mass is 10.2. The number of anilines is 1. The minimum atomic E-state index is 0.544. The van der Waals surface area contributed by atoms with Crippen molar-refractivity contribution < 1.29 is 4.74 Å². The van der Waals surface area contributed by atoms with E-state index in [0.29, 0.717) is 6.42 Å². The Labute approximate surface area is 84.5 Å². The van der Waals surface area contributed by atoms with Crippen molar-refractivity contribution in [2.45, 2.75) is 6.42 Å². The Hall–Kier alpha value is -1.69. The highest BCUT2D eigenvalue weighted by Crippen LogP contribution is 2.17. The fourth-order valence-corrected chi connectivity index (χ4v) is 1.18. The Balaban J connectivity index is 2.62. The van der Waals surface area contributed by atoms with Gasteiger partial charge < -0.3 is 9.64 Å². The van der Waals surface area contributed by atoms with Crippen LogP contribution >= 0.6 is 0 Å². The number of nitriles is 1. The maximum Gasteiger partial charge on any atom is 0.119 e. The molecule has 74 valence electrons. The maximum absolute atomic E-state index is 8.45. The van der Waals surface area contributed by atoms with Crippen LogP contribution in [0.5, 0.6) is 5.75 Å². The van der Waals surface area contributed by atoms with Crippen LogP contribution in [0, 0.1) is 11.3 Å². The third-order valence-corrected chi connectivity index (χ3v) is 2.07. The zero-order valence-electron chi connectivity index (χ0n) is 8.53. The van der Waals surface area contributed by atoms with Crippen LogP contribution in [-0.2, 0) is 0 Å². The molecule has 0 bridgehead atoms. The number of hydrogen-bond donors (Lipinski definition) is 0. The molecule has 0 amide bonds. The summed E-state index contributed by atoms with van der Waals surface area (Å²) in [5, 5.41) is 8.45. The number of benzene rings is 1. The van der Waals surface area contributed by atoms with E-state index in [1.165, 1.54) is 0 Å². The first-order valence-electron chi connectivity index (χ1n) is 4.50. The van der Waals surface area contributed by atoms with E-state index in [-0.39, 0.29) is 0 Å². The first-order valence-corrected chi connectivity index (χ1v) is 4.50. The Morgan fingerprint density at radius 2 is 2.00 bits per heavy atom. The molecule has 0 spiro atoms. The van der Waals surface area contributed by atoms with Crippen LogP contribution in [0.15, 0.2) is 24.3 Å². The van der Waals surface area contributed by atoms with Crippen molar-refractivity contribution in [2.75, 3.05) is 25.6 Å². The van der Waals surface area contributed by atoms with E-state index in [0.717, 1.165) is 18.0 Å². The molecular formula is C11H14N2O. The topological polar surface area (TPSA) is 36.3 Å². The molecule has 0 aliphatic carbocycles. The third kappa shape index (κ3) is 2.67. The SMILES string of the molecule is COc1ccc(N(C)CCC#N)cc1. The quantitative estimate of drug-likeness (QED) is 0.729. The van der Waals surface area contributed by atoms with Crippen LogP contribution in [0.1, 0.15) is 6.42 Å². The molecule has 3 nitrogen and oxygen atoms in total. The zero-order chi connectivity index (χ0) is 10.4. The van der Waals surface area contributed by atoms with Crippen LogP contribution in [0.3, 0.4) is 0 Å². The molecule has 0 aliphatic heterocycles. The second-order valence-electron chi connectivity index (χ2n) is 3.03. The second-order valence-corrected chi connectivity index (χ2v) is 3.03. The van der Waals surface area contributed by atoms with Crippen LogP contribution in [0.25, 0.3) is 0 Å². The number of nitrogens with zero attached hydrogens (tertiary/aromatic N) is 2. The van der Waals surface area contributed by atoms with Crippen molar-refractivity contribution in [3.8, 4) is 11.8 Å². The number of hydrogen-bond acceptors (Lipinski definition) is 3. The van der Waals surface area contributed by atoms with Gasteiger partial charge in [-0.25, -0.2) is 0 Å². The molecular weight excluding hydrogens is 176 g/mol. The molecule has 0 saturated carbocycles. The Morgan fingerprint density at radius 3 is 2.50 bits per heavy atom. The van der Waals surface area contributed by atoms with Gasteiger partial charge in [-0.2, -0.15) is 5.26 Å². The number of rotatable bonds is 4. The van der Waals surface area contributed by atoms with Gasteiger partial charge in [0.1, 0.15) is 5.75 Å². The first-order chi connectivity index (χ1) is 6.77. The van der Waals surface area contributed by atoms with E-state index in [2.05, 4.69) is 6.07 Å². The summed E-state index contributed by atoms with van der Waals surface area (Å²) < 4.78 is 5.06. The van der Waals surface area contributed by atoms with Gasteiger partial charge in [0.05, 0.1) is 19.6 Å². The van der Waals surface area contributed by atoms with Gasteiger partial charge in [0.25, 0.3) is 0 Å². The lowest BCUT2D eigenvalue weighted by Crippen LogP contribution is -2.17. The van der Waals surface area contributed by atoms with E-state index in [4.69, 9.17) is 10.00 Å². The summed E-state index contributed by atoms with van der Waals surface area (Å²) in [6, 6.07) is 9.92. The largest absolute Gasteiger partial charge is 0.497 e. The summed E-state index contributed by atoms with van der Waals surface area (Å²) in [4.78, 5) is 2.04. The van der Waals surface area contributed by atoms with Crippen LogP contribution in [-0.4, -0.2) is 20.7 Å². The molecule has 1 rings (SSSR count). The van der Waals surface area contributed by atoms with Crippen LogP contribution < -0.4 is 9.64 Å². The third-order valence-electron chi connectivity index (χ3n) is 2.07. The van der Waals surface area contributed by atoms with E-state index in [1.807, 2.05) is 36.2 Å². The molecule has 0 radical (unpaired) electrons. The predicted molar refractivity (Wildman–Crippen MR) is 56.5 cm³/mol. The minimum absolute atomic E-state index is 0.544. The molecule has 0 N–H and O–H groups in total. The van der Waals surface area contributed by atoms with Crippen molar-refractivity contribution in [3.05, 3.63) is 24.3 Å². The van der Waals surface area contributed by atoms with Gasteiger partial charge in [-0.3, -0.25) is 0 Å². The highest BCUT2D eigenvalue weighted by atomic mass is 16.5. The average molecular weight is 190 g/mol. The second kappa shape index (κ2) is 5.13. The highest BCUT2D eigenvalue weighted by molar-refractivity contribution is 5.48. The molecule has 1 aromatic rings. The van der Waals surface area contributed by atoms with Gasteiger partial charge in [-0.15, -0.1) is 0 Å². The van der Waals surface area contributed by atoms with Crippen LogP contribution in [0.2, 0.25) is 0 Å². The Kier molecular flexibility index (Phi) is 3.81. The molecule has 0 aliphatic rings. The van der Waals surface area contributed by atoms with Crippen molar-refractivity contribution in [1.82, 2.24) is 0 Å². The Morgan fingerprint density at radius 1 is 1.36 bits per heavy atom. The van der Waals surface area contributed by atoms with Gasteiger partial charge in [-0.05, 0) is 24.3 Å². The summed E-state index contributed by atoms with van der Waals surface area (Å²) >= 11 is 0. The summed E-state index contributed by atoms with van der Waals surface area (Å²) in [6.45, 7) is 0.753. The molecule has 0 aromatic heterocycles. The molecule has 14 heavy (non-hydrogen) atoms. The summed E-state index contributed by atoms with van der Waals surface area (Å²) in [5.74, 6) is 0.849. The predicted octanol–water partition coefficient (Wildman–Crippen LogP) is 2.05. The van der Waals surface area contributed by atoms with E-state index >= 15 is 0 Å². The standard InChI is InChI=1S/C11H14N2O/c1-13(9-3-8-12)10-4-6-11(14-2)7-5-10/h4-7H,3,9H2,1-2H3. The lowest BCUT2D eigenvalue weighted by molar-refractivity contribution is 0.415. The van der Waals surface area contributed by atoms with Gasteiger partial charge in [0, 0.05) is 19.3 Å². The number of methoxy groups -OCH3 is 1. The van der Waals surface area contributed by atoms with Gasteiger partial charge in [0.2, 0.25) is 0 Å². The molecule has 0 atom stereocenters. The van der Waals surface area contributed by atoms with Crippen LogP contribution in [0.4, 0.5) is 5.69 Å². The molecule has 0 unspecified atom stereocenters. The molecule has 0 fully saturated rings. The number of ether oxygens (including phenoxy) is 1. The van der Waals surface area contributed by atoms with Crippen molar-refractivity contribution in [3.63, 3.8) is 0 Å². The maximum atomic E-state index is 8.45. The summed E-state index contributed by atoms with van der Waals surface area (Å²) in [6.07, 6.45) is 0.544. The van der Waals surface area contributed by atoms with Gasteiger partial charge in [0.15, 0.2) is 0 Å². The van der Waals surface area contributed by atoms with Gasteiger partial charge >= 0.3 is 0 Å². The lowest BCUT2D eigenvalue weighted by Gasteiger charge is -2.17. The molecule has 1 aromatic carbocycles. The smallest absolute Gasteiger partial charge is 0.119 e. The Bertz CT molecular complexity index is 313. The first kappa shape index (κ1) is 10.4. The average Bonchev–Trinajstić information content (AvgIpc) is 2.26. The zero-order valence-corrected chi connectivity index (χ0v) is 8.53. The highest BCUT2D eigenvalue weighted by Gasteiger charge is 1.99. The van der Waals surface area contributed by atoms with E-state index < -0.39 is 0 Å². The minimum Gasteiger partial charge on any atom is -0.497 e. The van der Waals surface area contributed by atoms with Gasteiger partial charge in [-0.1, -0.05) is 0 Å². The fraction of sp³-hybridized carbons (Fsp3) is 0.364. The molecule has 0 saturated heterocycles. The van der Waals surface area contributed by atoms with Crippen molar-refractivity contribution in [1.29, 1.82) is 5.26 Å². The van der Waals surface area contributed by atoms with Crippen molar-refractivity contribution in [2.24, 2.45) is 0 Å². The summed E-state index contributed by atoms with van der Waals surface area (Å²) in [7, 11) is 3.62. The summed E-state index contributed by atoms with van der Waals surface area (Å²) in [5.41, 5.74) is 1.10. The molecule has 3 heteroatoms. The monoisotopic (exact) mass is 190 g/mol. The normalized spacial score (nSPS) is 9.21. The molecule has 0 heterocycles. The fourth-order valence-electron chi connectivity index (χ4n) is 1.18.